The highest BCUT2D eigenvalue weighted by atomic mass is 16.2. The second-order valence-corrected chi connectivity index (χ2v) is 8.28. The van der Waals surface area contributed by atoms with Gasteiger partial charge in [-0.25, -0.2) is 4.98 Å². The molecule has 154 valence electrons. The van der Waals surface area contributed by atoms with E-state index in [0.29, 0.717) is 28.6 Å². The van der Waals surface area contributed by atoms with E-state index in [4.69, 9.17) is 5.73 Å². The van der Waals surface area contributed by atoms with Crippen LogP contribution in [0, 0.1) is 30.1 Å². The van der Waals surface area contributed by atoms with Crippen LogP contribution in [0.15, 0.2) is 30.3 Å². The first-order valence-electron chi connectivity index (χ1n) is 10.2. The number of fused-ring (bicyclic) bond motifs is 1. The van der Waals surface area contributed by atoms with Crippen molar-refractivity contribution >= 4 is 23.3 Å². The average Bonchev–Trinajstić information content (AvgIpc) is 3.54. The minimum atomic E-state index is -0.504. The van der Waals surface area contributed by atoms with Crippen LogP contribution in [0.25, 0.3) is 0 Å². The Bertz CT molecular complexity index is 1070. The number of benzene rings is 1. The van der Waals surface area contributed by atoms with Gasteiger partial charge in [0.1, 0.15) is 11.9 Å². The number of aromatic nitrogens is 1. The molecular formula is C23H25N5O2. The molecule has 1 aliphatic heterocycles. The van der Waals surface area contributed by atoms with Crippen LogP contribution in [0.1, 0.15) is 59.9 Å². The summed E-state index contributed by atoms with van der Waals surface area (Å²) >= 11 is 0. The maximum Gasteiger partial charge on any atom is 0.248 e. The maximum atomic E-state index is 12.6. The molecule has 0 saturated heterocycles. The van der Waals surface area contributed by atoms with E-state index in [9.17, 15) is 14.9 Å². The Kier molecular flexibility index (Phi) is 4.94. The van der Waals surface area contributed by atoms with Crippen molar-refractivity contribution in [1.82, 2.24) is 4.98 Å². The van der Waals surface area contributed by atoms with Gasteiger partial charge in [-0.2, -0.15) is 5.26 Å². The Morgan fingerprint density at radius 2 is 2.00 bits per heavy atom. The van der Waals surface area contributed by atoms with E-state index in [1.165, 1.54) is 0 Å². The van der Waals surface area contributed by atoms with E-state index in [0.717, 1.165) is 24.1 Å². The smallest absolute Gasteiger partial charge is 0.248 e. The molecule has 30 heavy (non-hydrogen) atoms. The van der Waals surface area contributed by atoms with Gasteiger partial charge in [-0.3, -0.25) is 9.59 Å². The van der Waals surface area contributed by atoms with Gasteiger partial charge in [0.05, 0.1) is 17.3 Å². The third-order valence-electron chi connectivity index (χ3n) is 6.22. The van der Waals surface area contributed by atoms with Crippen molar-refractivity contribution < 1.29 is 9.59 Å². The Balaban J connectivity index is 1.82. The summed E-state index contributed by atoms with van der Waals surface area (Å²) in [4.78, 5) is 30.9. The van der Waals surface area contributed by atoms with Gasteiger partial charge in [-0.1, -0.05) is 6.92 Å². The lowest BCUT2D eigenvalue weighted by atomic mass is 9.79. The highest BCUT2D eigenvalue weighted by Crippen LogP contribution is 2.50. The molecule has 1 aromatic heterocycles. The fraction of sp³-hybridized carbons (Fsp3) is 0.391. The number of carbonyl (C=O) groups excluding carboxylic acids is 2. The molecule has 7 heteroatoms. The minimum absolute atomic E-state index is 0.00221. The van der Waals surface area contributed by atoms with Crippen molar-refractivity contribution in [3.05, 3.63) is 52.7 Å². The van der Waals surface area contributed by atoms with E-state index in [-0.39, 0.29) is 23.9 Å². The summed E-state index contributed by atoms with van der Waals surface area (Å²) in [6.45, 7) is 5.53. The van der Waals surface area contributed by atoms with Crippen LogP contribution in [-0.2, 0) is 4.79 Å². The van der Waals surface area contributed by atoms with Crippen molar-refractivity contribution in [2.24, 2.45) is 17.6 Å². The molecule has 3 N–H and O–H groups in total. The SMILES string of the molecule is CC(=O)N1c2ccc(C(N)=O)cc2[C@H](Nc2ccc(C#N)c(C)n2)[C@@H](C)[C@@H]1C1CC1. The predicted octanol–water partition coefficient (Wildman–Crippen LogP) is 3.30. The Morgan fingerprint density at radius 3 is 2.57 bits per heavy atom. The number of hydrogen-bond acceptors (Lipinski definition) is 5. The molecule has 7 nitrogen and oxygen atoms in total. The van der Waals surface area contributed by atoms with Crippen molar-refractivity contribution in [2.75, 3.05) is 10.2 Å². The molecule has 1 fully saturated rings. The molecule has 4 rings (SSSR count). The molecular weight excluding hydrogens is 378 g/mol. The average molecular weight is 403 g/mol. The number of amides is 2. The van der Waals surface area contributed by atoms with Gasteiger partial charge in [-0.05, 0) is 61.6 Å². The van der Waals surface area contributed by atoms with Gasteiger partial charge in [0.25, 0.3) is 0 Å². The predicted molar refractivity (Wildman–Crippen MR) is 114 cm³/mol. The molecule has 3 atom stereocenters. The number of carbonyl (C=O) groups is 2. The molecule has 2 aliphatic rings. The number of rotatable bonds is 4. The molecule has 2 aromatic rings. The number of pyridine rings is 1. The van der Waals surface area contributed by atoms with Crippen molar-refractivity contribution in [2.45, 2.75) is 45.7 Å². The third kappa shape index (κ3) is 3.39. The first kappa shape index (κ1) is 19.9. The van der Waals surface area contributed by atoms with Crippen LogP contribution >= 0.6 is 0 Å². The van der Waals surface area contributed by atoms with Crippen LogP contribution in [0.2, 0.25) is 0 Å². The summed E-state index contributed by atoms with van der Waals surface area (Å²) in [6.07, 6.45) is 2.21. The van der Waals surface area contributed by atoms with Crippen LogP contribution in [0.3, 0.4) is 0 Å². The van der Waals surface area contributed by atoms with Crippen molar-refractivity contribution in [1.29, 1.82) is 5.26 Å². The Labute approximate surface area is 175 Å². The van der Waals surface area contributed by atoms with E-state index in [1.807, 2.05) is 11.0 Å². The second-order valence-electron chi connectivity index (χ2n) is 8.28. The summed E-state index contributed by atoms with van der Waals surface area (Å²) < 4.78 is 0. The maximum absolute atomic E-state index is 12.6. The molecule has 0 spiro atoms. The fourth-order valence-corrected chi connectivity index (χ4v) is 4.64. The molecule has 2 heterocycles. The standard InChI is InChI=1S/C23H25N5O2/c1-12-21(27-20-9-7-17(11-24)13(2)26-20)18-10-16(23(25)30)6-8-19(18)28(14(3)29)22(12)15-4-5-15/h6-10,12,15,21-22H,4-5H2,1-3H3,(H2,25,30)(H,26,27)/t12-,21-,22-/m1/s1. The zero-order chi connectivity index (χ0) is 21.6. The number of nitrogens with two attached hydrogens (primary N) is 1. The molecule has 2 amide bonds. The number of aryl methyl sites for hydroxylation is 1. The molecule has 0 unspecified atom stereocenters. The number of anilines is 2. The quantitative estimate of drug-likeness (QED) is 0.813. The zero-order valence-electron chi connectivity index (χ0n) is 17.3. The van der Waals surface area contributed by atoms with E-state index in [1.54, 1.807) is 38.1 Å². The van der Waals surface area contributed by atoms with Gasteiger partial charge in [0, 0.05) is 30.1 Å². The van der Waals surface area contributed by atoms with Crippen LogP contribution in [0.5, 0.6) is 0 Å². The van der Waals surface area contributed by atoms with Crippen LogP contribution in [0.4, 0.5) is 11.5 Å². The van der Waals surface area contributed by atoms with Gasteiger partial charge in [0.2, 0.25) is 11.8 Å². The molecule has 0 bridgehead atoms. The number of hydrogen-bond donors (Lipinski definition) is 2. The number of nitriles is 1. The second kappa shape index (κ2) is 7.45. The van der Waals surface area contributed by atoms with Crippen molar-refractivity contribution in [3.63, 3.8) is 0 Å². The molecule has 1 aromatic carbocycles. The lowest BCUT2D eigenvalue weighted by Crippen LogP contribution is -2.51. The van der Waals surface area contributed by atoms with Crippen molar-refractivity contribution in [3.8, 4) is 6.07 Å². The van der Waals surface area contributed by atoms with Gasteiger partial charge in [-0.15, -0.1) is 0 Å². The zero-order valence-corrected chi connectivity index (χ0v) is 17.3. The minimum Gasteiger partial charge on any atom is -0.366 e. The highest BCUT2D eigenvalue weighted by Gasteiger charge is 2.47. The van der Waals surface area contributed by atoms with E-state index >= 15 is 0 Å². The Hall–Kier alpha value is -3.40. The van der Waals surface area contributed by atoms with Gasteiger partial charge < -0.3 is 16.0 Å². The monoisotopic (exact) mass is 403 g/mol. The summed E-state index contributed by atoms with van der Waals surface area (Å²) in [6, 6.07) is 10.9. The fourth-order valence-electron chi connectivity index (χ4n) is 4.64. The summed E-state index contributed by atoms with van der Waals surface area (Å²) in [5.41, 5.74) is 8.79. The summed E-state index contributed by atoms with van der Waals surface area (Å²) in [5.74, 6) is 0.708. The van der Waals surface area contributed by atoms with E-state index < -0.39 is 5.91 Å². The van der Waals surface area contributed by atoms with Crippen LogP contribution < -0.4 is 16.0 Å². The molecule has 1 aliphatic carbocycles. The first-order valence-corrected chi connectivity index (χ1v) is 10.2. The number of nitrogens with one attached hydrogen (secondary N) is 1. The topological polar surface area (TPSA) is 112 Å². The van der Waals surface area contributed by atoms with Crippen LogP contribution in [-0.4, -0.2) is 22.8 Å². The first-order chi connectivity index (χ1) is 14.3. The molecule has 0 radical (unpaired) electrons. The van der Waals surface area contributed by atoms with E-state index in [2.05, 4.69) is 23.3 Å². The summed E-state index contributed by atoms with van der Waals surface area (Å²) in [5, 5.41) is 12.7. The largest absolute Gasteiger partial charge is 0.366 e. The molecule has 1 saturated carbocycles. The van der Waals surface area contributed by atoms with Gasteiger partial charge in [0.15, 0.2) is 0 Å². The lowest BCUT2D eigenvalue weighted by molar-refractivity contribution is -0.117. The number of primary amides is 1. The summed E-state index contributed by atoms with van der Waals surface area (Å²) in [7, 11) is 0. The Morgan fingerprint density at radius 1 is 1.27 bits per heavy atom. The lowest BCUT2D eigenvalue weighted by Gasteiger charge is -2.46. The normalized spacial score (nSPS) is 22.7. The van der Waals surface area contributed by atoms with Gasteiger partial charge >= 0.3 is 0 Å². The highest BCUT2D eigenvalue weighted by molar-refractivity contribution is 5.97. The third-order valence-corrected chi connectivity index (χ3v) is 6.22. The number of nitrogens with zero attached hydrogens (tertiary/aromatic N) is 3.